The fraction of sp³-hybridized carbons (Fsp3) is 0.250. The molecule has 16 heavy (non-hydrogen) atoms. The molecule has 0 aliphatic rings. The number of benzene rings is 1. The zero-order chi connectivity index (χ0) is 12.1. The molecule has 0 heterocycles. The van der Waals surface area contributed by atoms with Crippen molar-refractivity contribution in [3.8, 4) is 0 Å². The Labute approximate surface area is 93.5 Å². The lowest BCUT2D eigenvalue weighted by Crippen LogP contribution is -2.05. The summed E-state index contributed by atoms with van der Waals surface area (Å²) in [5.41, 5.74) is 0.596. The number of hydrogen-bond acceptors (Lipinski definition) is 2. The molecule has 0 unspecified atom stereocenters. The molecule has 1 aromatic rings. The normalized spacial score (nSPS) is 10.1. The number of carboxylic acids is 2. The van der Waals surface area contributed by atoms with E-state index in [0.29, 0.717) is 5.56 Å². The lowest BCUT2D eigenvalue weighted by molar-refractivity contribution is 0.0695. The lowest BCUT2D eigenvalue weighted by atomic mass is 9.99. The van der Waals surface area contributed by atoms with E-state index < -0.39 is 11.9 Å². The van der Waals surface area contributed by atoms with Gasteiger partial charge in [-0.1, -0.05) is 19.4 Å². The van der Waals surface area contributed by atoms with Crippen molar-refractivity contribution in [1.29, 1.82) is 0 Å². The number of carbonyl (C=O) groups is 2. The Morgan fingerprint density at radius 2 is 1.94 bits per heavy atom. The van der Waals surface area contributed by atoms with Gasteiger partial charge in [-0.2, -0.15) is 0 Å². The first-order valence-corrected chi connectivity index (χ1v) is 5.00. The summed E-state index contributed by atoms with van der Waals surface area (Å²) in [6, 6.07) is 4.13. The van der Waals surface area contributed by atoms with Gasteiger partial charge in [-0.3, -0.25) is 0 Å². The smallest absolute Gasteiger partial charge is 0.335 e. The first-order valence-electron chi connectivity index (χ1n) is 5.00. The van der Waals surface area contributed by atoms with E-state index in [0.717, 1.165) is 12.8 Å². The zero-order valence-electron chi connectivity index (χ0n) is 8.93. The Morgan fingerprint density at radius 1 is 1.25 bits per heavy atom. The summed E-state index contributed by atoms with van der Waals surface area (Å²) in [4.78, 5) is 21.6. The fourth-order valence-electron chi connectivity index (χ4n) is 1.35. The topological polar surface area (TPSA) is 74.6 Å². The van der Waals surface area contributed by atoms with Gasteiger partial charge in [0.1, 0.15) is 0 Å². The Hall–Kier alpha value is -1.84. The maximum absolute atomic E-state index is 10.9. The van der Waals surface area contributed by atoms with Crippen molar-refractivity contribution in [2.24, 2.45) is 0 Å². The maximum atomic E-state index is 10.9. The number of carboxylic acid groups (broad SMARTS) is 2. The predicted molar refractivity (Wildman–Crippen MR) is 58.7 cm³/mol. The van der Waals surface area contributed by atoms with Crippen LogP contribution < -0.4 is 0 Å². The quantitative estimate of drug-likeness (QED) is 0.800. The molecule has 1 aromatic carbocycles. The van der Waals surface area contributed by atoms with Crippen molar-refractivity contribution >= 4 is 11.9 Å². The summed E-state index contributed by atoms with van der Waals surface area (Å²) in [6.45, 7) is 1.99. The van der Waals surface area contributed by atoms with Crippen LogP contribution in [0, 0.1) is 6.42 Å². The second-order valence-corrected chi connectivity index (χ2v) is 3.41. The van der Waals surface area contributed by atoms with Crippen LogP contribution in [0.4, 0.5) is 0 Å². The number of rotatable bonds is 5. The molecule has 0 aliphatic heterocycles. The average molecular weight is 221 g/mol. The summed E-state index contributed by atoms with van der Waals surface area (Å²) in [6.07, 6.45) is 3.49. The van der Waals surface area contributed by atoms with Gasteiger partial charge >= 0.3 is 11.9 Å². The molecular formula is C12H13O4. The van der Waals surface area contributed by atoms with Crippen molar-refractivity contribution in [2.75, 3.05) is 0 Å². The third kappa shape index (κ3) is 2.82. The van der Waals surface area contributed by atoms with Gasteiger partial charge in [0.05, 0.1) is 11.1 Å². The predicted octanol–water partition coefficient (Wildman–Crippen LogP) is 2.44. The van der Waals surface area contributed by atoms with Crippen molar-refractivity contribution < 1.29 is 19.8 Å². The Kier molecular flexibility index (Phi) is 4.05. The van der Waals surface area contributed by atoms with Crippen LogP contribution in [-0.4, -0.2) is 22.2 Å². The highest BCUT2D eigenvalue weighted by atomic mass is 16.4. The average Bonchev–Trinajstić information content (AvgIpc) is 2.25. The Balaban J connectivity index is 3.09. The van der Waals surface area contributed by atoms with Crippen LogP contribution in [-0.2, 0) is 0 Å². The molecule has 0 bridgehead atoms. The van der Waals surface area contributed by atoms with E-state index in [1.807, 2.05) is 6.92 Å². The second kappa shape index (κ2) is 5.30. The van der Waals surface area contributed by atoms with Gasteiger partial charge in [0.15, 0.2) is 0 Å². The van der Waals surface area contributed by atoms with Gasteiger partial charge in [0.2, 0.25) is 0 Å². The van der Waals surface area contributed by atoms with Crippen LogP contribution >= 0.6 is 0 Å². The van der Waals surface area contributed by atoms with Gasteiger partial charge in [0, 0.05) is 0 Å². The van der Waals surface area contributed by atoms with E-state index in [-0.39, 0.29) is 11.1 Å². The van der Waals surface area contributed by atoms with Gasteiger partial charge < -0.3 is 10.2 Å². The van der Waals surface area contributed by atoms with E-state index in [1.54, 1.807) is 6.42 Å². The Morgan fingerprint density at radius 3 is 2.44 bits per heavy atom. The first-order chi connectivity index (χ1) is 7.56. The van der Waals surface area contributed by atoms with Gasteiger partial charge in [-0.15, -0.1) is 0 Å². The van der Waals surface area contributed by atoms with Crippen LogP contribution in [0.1, 0.15) is 46.0 Å². The monoisotopic (exact) mass is 221 g/mol. The minimum absolute atomic E-state index is 0.00829. The molecule has 0 saturated carbocycles. The maximum Gasteiger partial charge on any atom is 0.335 e. The molecule has 85 valence electrons. The molecule has 0 atom stereocenters. The first kappa shape index (κ1) is 12.2. The summed E-state index contributed by atoms with van der Waals surface area (Å²) in [5, 5.41) is 17.7. The van der Waals surface area contributed by atoms with Crippen molar-refractivity contribution in [3.63, 3.8) is 0 Å². The van der Waals surface area contributed by atoms with Crippen LogP contribution in [0.15, 0.2) is 18.2 Å². The van der Waals surface area contributed by atoms with Gasteiger partial charge in [0.25, 0.3) is 0 Å². The highest BCUT2D eigenvalue weighted by molar-refractivity contribution is 5.95. The molecule has 1 radical (unpaired) electrons. The fourth-order valence-corrected chi connectivity index (χ4v) is 1.35. The highest BCUT2D eigenvalue weighted by Crippen LogP contribution is 2.16. The van der Waals surface area contributed by atoms with Crippen LogP contribution in [0.3, 0.4) is 0 Å². The molecule has 0 spiro atoms. The van der Waals surface area contributed by atoms with E-state index in [2.05, 4.69) is 0 Å². The third-order valence-corrected chi connectivity index (χ3v) is 2.18. The molecule has 4 nitrogen and oxygen atoms in total. The Bertz CT molecular complexity index is 409. The van der Waals surface area contributed by atoms with E-state index >= 15 is 0 Å². The summed E-state index contributed by atoms with van der Waals surface area (Å²) in [5.74, 6) is -2.23. The van der Waals surface area contributed by atoms with Gasteiger partial charge in [-0.05, 0) is 30.5 Å². The number of aromatic carboxylic acids is 2. The molecular weight excluding hydrogens is 208 g/mol. The second-order valence-electron chi connectivity index (χ2n) is 3.41. The molecule has 0 fully saturated rings. The molecule has 1 rings (SSSR count). The van der Waals surface area contributed by atoms with Crippen LogP contribution in [0.25, 0.3) is 0 Å². The minimum atomic E-state index is -1.12. The van der Waals surface area contributed by atoms with Crippen LogP contribution in [0.5, 0.6) is 0 Å². The number of hydrogen-bond donors (Lipinski definition) is 2. The summed E-state index contributed by atoms with van der Waals surface area (Å²) >= 11 is 0. The van der Waals surface area contributed by atoms with Crippen molar-refractivity contribution in [2.45, 2.75) is 19.8 Å². The largest absolute Gasteiger partial charge is 0.478 e. The van der Waals surface area contributed by atoms with E-state index in [4.69, 9.17) is 10.2 Å². The summed E-state index contributed by atoms with van der Waals surface area (Å²) in [7, 11) is 0. The molecule has 0 amide bonds. The SMILES string of the molecule is CCC[CH]c1ccc(C(=O)O)cc1C(=O)O. The van der Waals surface area contributed by atoms with Crippen molar-refractivity contribution in [1.82, 2.24) is 0 Å². The molecule has 2 N–H and O–H groups in total. The molecule has 0 aliphatic carbocycles. The highest BCUT2D eigenvalue weighted by Gasteiger charge is 2.13. The van der Waals surface area contributed by atoms with Crippen LogP contribution in [0.2, 0.25) is 0 Å². The molecule has 0 aromatic heterocycles. The standard InChI is InChI=1S/C12H13O4/c1-2-3-4-8-5-6-9(11(13)14)7-10(8)12(15)16/h4-7H,2-3H2,1H3,(H,13,14)(H,15,16). The molecule has 4 heteroatoms. The number of unbranched alkanes of at least 4 members (excludes halogenated alkanes) is 1. The molecule has 0 saturated heterocycles. The summed E-state index contributed by atoms with van der Waals surface area (Å²) < 4.78 is 0. The zero-order valence-corrected chi connectivity index (χ0v) is 8.93. The van der Waals surface area contributed by atoms with E-state index in [9.17, 15) is 9.59 Å². The van der Waals surface area contributed by atoms with Gasteiger partial charge in [-0.25, -0.2) is 9.59 Å². The van der Waals surface area contributed by atoms with E-state index in [1.165, 1.54) is 18.2 Å². The van der Waals surface area contributed by atoms with Crippen molar-refractivity contribution in [3.05, 3.63) is 41.3 Å². The minimum Gasteiger partial charge on any atom is -0.478 e. The third-order valence-electron chi connectivity index (χ3n) is 2.18. The lowest BCUT2D eigenvalue weighted by Gasteiger charge is -2.06.